The van der Waals surface area contributed by atoms with Crippen LogP contribution in [0.2, 0.25) is 0 Å². The van der Waals surface area contributed by atoms with Gasteiger partial charge in [0.05, 0.1) is 11.5 Å². The Morgan fingerprint density at radius 3 is 2.52 bits per heavy atom. The van der Waals surface area contributed by atoms with Crippen molar-refractivity contribution in [2.45, 2.75) is 55.5 Å². The summed E-state index contributed by atoms with van der Waals surface area (Å²) in [6.45, 7) is 2.44. The number of piperidine rings is 1. The second-order valence-corrected chi connectivity index (χ2v) is 9.83. The van der Waals surface area contributed by atoms with E-state index in [1.54, 1.807) is 41.0 Å². The highest BCUT2D eigenvalue weighted by molar-refractivity contribution is 7.89. The zero-order valence-corrected chi connectivity index (χ0v) is 18.0. The average Bonchev–Trinajstić information content (AvgIpc) is 3.39. The lowest BCUT2D eigenvalue weighted by Gasteiger charge is -2.36. The molecule has 0 aliphatic carbocycles. The van der Waals surface area contributed by atoms with Gasteiger partial charge in [-0.3, -0.25) is 4.98 Å². The number of hydrogen-bond acceptors (Lipinski definition) is 7. The number of hydrogen-bond donors (Lipinski definition) is 0. The molecule has 1 unspecified atom stereocenters. The van der Waals surface area contributed by atoms with E-state index >= 15 is 0 Å². The van der Waals surface area contributed by atoms with E-state index in [4.69, 9.17) is 9.26 Å². The highest BCUT2D eigenvalue weighted by atomic mass is 32.2. The molecule has 1 aromatic carbocycles. The minimum Gasteiger partial charge on any atom is -0.494 e. The van der Waals surface area contributed by atoms with Crippen molar-refractivity contribution in [3.05, 3.63) is 54.7 Å². The SMILES string of the molecule is CCOc1ccc(S(=O)(=O)N2[C@@H]3CC[C@H]2CC(c2nc(-c4cccnc4)no2)C3)cc1. The molecule has 2 aliphatic heterocycles. The summed E-state index contributed by atoms with van der Waals surface area (Å²) >= 11 is 0. The molecule has 2 fully saturated rings. The molecule has 4 heterocycles. The van der Waals surface area contributed by atoms with Crippen LogP contribution in [0, 0.1) is 0 Å². The van der Waals surface area contributed by atoms with Gasteiger partial charge < -0.3 is 9.26 Å². The third-order valence-corrected chi connectivity index (χ3v) is 8.11. The first-order valence-electron chi connectivity index (χ1n) is 10.6. The third kappa shape index (κ3) is 3.72. The van der Waals surface area contributed by atoms with E-state index in [9.17, 15) is 8.42 Å². The Morgan fingerprint density at radius 1 is 1.13 bits per heavy atom. The summed E-state index contributed by atoms with van der Waals surface area (Å²) < 4.78 is 39.4. The Bertz CT molecular complexity index is 1130. The van der Waals surface area contributed by atoms with Gasteiger partial charge in [-0.05, 0) is 69.0 Å². The second kappa shape index (κ2) is 8.05. The molecule has 3 aromatic rings. The predicted molar refractivity (Wildman–Crippen MR) is 113 cm³/mol. The standard InChI is InChI=1S/C22H24N4O4S/c1-2-29-19-7-9-20(10-8-19)31(27,28)26-17-5-6-18(26)13-16(12-17)22-24-21(25-30-22)15-4-3-11-23-14-15/h3-4,7-11,14,16-18H,2,5-6,12-13H2,1H3/t16?,17-,18+. The first-order valence-corrected chi connectivity index (χ1v) is 12.0. The van der Waals surface area contributed by atoms with Gasteiger partial charge in [0, 0.05) is 36.0 Å². The molecule has 8 nitrogen and oxygen atoms in total. The first kappa shape index (κ1) is 20.1. The first-order chi connectivity index (χ1) is 15.1. The summed E-state index contributed by atoms with van der Waals surface area (Å²) in [4.78, 5) is 8.98. The van der Waals surface area contributed by atoms with Gasteiger partial charge in [0.25, 0.3) is 0 Å². The summed E-state index contributed by atoms with van der Waals surface area (Å²) in [6.07, 6.45) is 6.46. The average molecular weight is 441 g/mol. The van der Waals surface area contributed by atoms with Crippen LogP contribution in [0.25, 0.3) is 11.4 Å². The molecule has 0 radical (unpaired) electrons. The maximum atomic E-state index is 13.4. The summed E-state index contributed by atoms with van der Waals surface area (Å²) in [5.41, 5.74) is 0.802. The molecule has 2 aliphatic rings. The summed E-state index contributed by atoms with van der Waals surface area (Å²) in [6, 6.07) is 10.3. The second-order valence-electron chi connectivity index (χ2n) is 7.99. The highest BCUT2D eigenvalue weighted by Gasteiger charge is 2.48. The van der Waals surface area contributed by atoms with Crippen LogP contribution in [0.4, 0.5) is 0 Å². The van der Waals surface area contributed by atoms with Crippen LogP contribution in [0.1, 0.15) is 44.4 Å². The molecule has 5 rings (SSSR count). The third-order valence-electron chi connectivity index (χ3n) is 6.09. The molecule has 31 heavy (non-hydrogen) atoms. The van der Waals surface area contributed by atoms with E-state index in [-0.39, 0.29) is 18.0 Å². The van der Waals surface area contributed by atoms with Crippen molar-refractivity contribution in [3.8, 4) is 17.1 Å². The molecule has 3 atom stereocenters. The van der Waals surface area contributed by atoms with E-state index in [1.807, 2.05) is 19.1 Å². The Hall–Kier alpha value is -2.78. The fourth-order valence-electron chi connectivity index (χ4n) is 4.74. The van der Waals surface area contributed by atoms with E-state index in [2.05, 4.69) is 15.1 Å². The maximum Gasteiger partial charge on any atom is 0.243 e. The monoisotopic (exact) mass is 440 g/mol. The molecule has 9 heteroatoms. The van der Waals surface area contributed by atoms with Gasteiger partial charge in [-0.25, -0.2) is 8.42 Å². The molecule has 0 amide bonds. The van der Waals surface area contributed by atoms with Gasteiger partial charge in [0.2, 0.25) is 21.7 Å². The summed E-state index contributed by atoms with van der Waals surface area (Å²) in [5.74, 6) is 1.82. The lowest BCUT2D eigenvalue weighted by Crippen LogP contribution is -2.45. The van der Waals surface area contributed by atoms with E-state index in [0.717, 1.165) is 18.4 Å². The van der Waals surface area contributed by atoms with Gasteiger partial charge in [-0.2, -0.15) is 9.29 Å². The van der Waals surface area contributed by atoms with Crippen LogP contribution in [-0.2, 0) is 10.0 Å². The van der Waals surface area contributed by atoms with Crippen molar-refractivity contribution in [2.75, 3.05) is 6.61 Å². The van der Waals surface area contributed by atoms with Crippen molar-refractivity contribution in [2.24, 2.45) is 0 Å². The highest BCUT2D eigenvalue weighted by Crippen LogP contribution is 2.45. The lowest BCUT2D eigenvalue weighted by molar-refractivity contribution is 0.202. The van der Waals surface area contributed by atoms with Gasteiger partial charge >= 0.3 is 0 Å². The molecule has 2 aromatic heterocycles. The van der Waals surface area contributed by atoms with Crippen molar-refractivity contribution in [1.82, 2.24) is 19.4 Å². The maximum absolute atomic E-state index is 13.4. The number of sulfonamides is 1. The molecule has 162 valence electrons. The van der Waals surface area contributed by atoms with Crippen molar-refractivity contribution >= 4 is 10.0 Å². The minimum atomic E-state index is -3.57. The predicted octanol–water partition coefficient (Wildman–Crippen LogP) is 3.63. The fourth-order valence-corrected chi connectivity index (χ4v) is 6.63. The summed E-state index contributed by atoms with van der Waals surface area (Å²) in [5, 5.41) is 4.10. The van der Waals surface area contributed by atoms with Gasteiger partial charge in [0.15, 0.2) is 0 Å². The van der Waals surface area contributed by atoms with Crippen molar-refractivity contribution in [3.63, 3.8) is 0 Å². The van der Waals surface area contributed by atoms with Gasteiger partial charge in [-0.1, -0.05) is 5.16 Å². The number of pyridine rings is 1. The molecule has 0 spiro atoms. The quantitative estimate of drug-likeness (QED) is 0.577. The molecule has 2 saturated heterocycles. The smallest absolute Gasteiger partial charge is 0.243 e. The fraction of sp³-hybridized carbons (Fsp3) is 0.409. The van der Waals surface area contributed by atoms with E-state index < -0.39 is 10.0 Å². The molecule has 0 saturated carbocycles. The van der Waals surface area contributed by atoms with Crippen LogP contribution in [0.5, 0.6) is 5.75 Å². The van der Waals surface area contributed by atoms with Crippen LogP contribution in [-0.4, -0.2) is 46.5 Å². The number of aromatic nitrogens is 3. The largest absolute Gasteiger partial charge is 0.494 e. The van der Waals surface area contributed by atoms with Crippen molar-refractivity contribution < 1.29 is 17.7 Å². The molecular formula is C22H24N4O4S. The summed E-state index contributed by atoms with van der Waals surface area (Å²) in [7, 11) is -3.57. The number of ether oxygens (including phenoxy) is 1. The van der Waals surface area contributed by atoms with Crippen molar-refractivity contribution in [1.29, 1.82) is 0 Å². The van der Waals surface area contributed by atoms with Crippen LogP contribution < -0.4 is 4.74 Å². The normalized spacial score (nSPS) is 23.7. The van der Waals surface area contributed by atoms with E-state index in [0.29, 0.717) is 41.8 Å². The van der Waals surface area contributed by atoms with Gasteiger partial charge in [-0.15, -0.1) is 0 Å². The molecular weight excluding hydrogens is 416 g/mol. The number of nitrogens with zero attached hydrogens (tertiary/aromatic N) is 4. The lowest BCUT2D eigenvalue weighted by atomic mass is 9.92. The Balaban J connectivity index is 1.35. The Kier molecular flexibility index (Phi) is 5.23. The Labute approximate surface area is 181 Å². The van der Waals surface area contributed by atoms with Crippen LogP contribution in [0.3, 0.4) is 0 Å². The van der Waals surface area contributed by atoms with Crippen LogP contribution in [0.15, 0.2) is 58.2 Å². The van der Waals surface area contributed by atoms with E-state index in [1.165, 1.54) is 0 Å². The number of benzene rings is 1. The molecule has 0 N–H and O–H groups in total. The minimum absolute atomic E-state index is 0.0576. The van der Waals surface area contributed by atoms with Crippen LogP contribution >= 0.6 is 0 Å². The number of fused-ring (bicyclic) bond motifs is 2. The Morgan fingerprint density at radius 2 is 1.87 bits per heavy atom. The zero-order chi connectivity index (χ0) is 21.4. The molecule has 2 bridgehead atoms. The zero-order valence-electron chi connectivity index (χ0n) is 17.2. The number of rotatable bonds is 6. The van der Waals surface area contributed by atoms with Gasteiger partial charge in [0.1, 0.15) is 5.75 Å². The topological polar surface area (TPSA) is 98.4 Å².